The number of rotatable bonds is 2. The van der Waals surface area contributed by atoms with Gasteiger partial charge in [0.05, 0.1) is 0 Å². The van der Waals surface area contributed by atoms with E-state index in [1.807, 2.05) is 0 Å². The second kappa shape index (κ2) is 6.72. The van der Waals surface area contributed by atoms with Crippen molar-refractivity contribution < 1.29 is 0 Å². The Morgan fingerprint density at radius 3 is 1.75 bits per heavy atom. The van der Waals surface area contributed by atoms with Crippen molar-refractivity contribution >= 4 is 82.3 Å². The fourth-order valence-corrected chi connectivity index (χ4v) is 54.5. The van der Waals surface area contributed by atoms with Crippen LogP contribution in [-0.2, 0) is 0 Å². The molecule has 0 bridgehead atoms. The zero-order valence-corrected chi connectivity index (χ0v) is 18.9. The SMILES string of the molecule is CC[Si]1(Br)C[SiH](Br)C1.CC[Si]1(Cl)C[SiH](Cl)C1. The first kappa shape index (κ1) is 16.5. The van der Waals surface area contributed by atoms with E-state index in [4.69, 9.17) is 22.2 Å². The summed E-state index contributed by atoms with van der Waals surface area (Å²) in [5, 5.41) is 0. The zero-order valence-electron chi connectivity index (χ0n) is 9.91. The summed E-state index contributed by atoms with van der Waals surface area (Å²) in [6, 6.07) is 2.66. The summed E-state index contributed by atoms with van der Waals surface area (Å²) >= 11 is 19.6. The lowest BCUT2D eigenvalue weighted by molar-refractivity contribution is 1.33. The molecule has 2 rings (SSSR count). The van der Waals surface area contributed by atoms with Crippen LogP contribution in [0.25, 0.3) is 0 Å². The van der Waals surface area contributed by atoms with Gasteiger partial charge in [-0.15, -0.1) is 30.6 Å². The maximum atomic E-state index is 6.18. The maximum Gasteiger partial charge on any atom is 0.152 e. The van der Waals surface area contributed by atoms with E-state index in [0.29, 0.717) is 0 Å². The molecular formula is C8H20Br2Cl2Si4. The van der Waals surface area contributed by atoms with Gasteiger partial charge in [0.15, 0.2) is 7.38 Å². The molecule has 16 heavy (non-hydrogen) atoms. The number of hydrogen-bond donors (Lipinski definition) is 0. The van der Waals surface area contributed by atoms with E-state index in [1.54, 1.807) is 11.3 Å². The van der Waals surface area contributed by atoms with Gasteiger partial charge >= 0.3 is 0 Å². The van der Waals surface area contributed by atoms with Crippen molar-refractivity contribution in [2.45, 2.75) is 48.6 Å². The molecule has 0 nitrogen and oxygen atoms in total. The van der Waals surface area contributed by atoms with Crippen LogP contribution in [0.5, 0.6) is 0 Å². The fourth-order valence-electron chi connectivity index (χ4n) is 2.05. The predicted octanol–water partition coefficient (Wildman–Crippen LogP) is 4.80. The molecule has 0 unspecified atom stereocenters. The molecule has 2 aliphatic heterocycles. The van der Waals surface area contributed by atoms with Crippen LogP contribution in [0.1, 0.15) is 13.8 Å². The summed E-state index contributed by atoms with van der Waals surface area (Å²) in [5.41, 5.74) is 5.69. The Bertz CT molecular complexity index is 208. The summed E-state index contributed by atoms with van der Waals surface area (Å²) < 4.78 is 0. The second-order valence-electron chi connectivity index (χ2n) is 5.02. The van der Waals surface area contributed by atoms with Crippen LogP contribution in [0.2, 0.25) is 34.8 Å². The average molecular weight is 459 g/mol. The molecule has 0 aromatic heterocycles. The summed E-state index contributed by atoms with van der Waals surface area (Å²) in [6.07, 6.45) is 0. The van der Waals surface area contributed by atoms with Gasteiger partial charge in [0.25, 0.3) is 0 Å². The minimum absolute atomic E-state index is 0.284. The summed E-state index contributed by atoms with van der Waals surface area (Å²) in [6.45, 7) is 3.80. The van der Waals surface area contributed by atoms with Crippen LogP contribution >= 0.6 is 52.7 Å². The smallest absolute Gasteiger partial charge is 0.152 e. The Balaban J connectivity index is 0.000000160. The first-order valence-electron chi connectivity index (χ1n) is 5.98. The van der Waals surface area contributed by atoms with Crippen molar-refractivity contribution in [2.75, 3.05) is 0 Å². The lowest BCUT2D eigenvalue weighted by Crippen LogP contribution is -2.45. The van der Waals surface area contributed by atoms with Crippen LogP contribution < -0.4 is 0 Å². The highest BCUT2D eigenvalue weighted by molar-refractivity contribution is 9.28. The number of hydrogen-bond acceptors (Lipinski definition) is 0. The van der Waals surface area contributed by atoms with Crippen molar-refractivity contribution in [3.63, 3.8) is 0 Å². The third-order valence-electron chi connectivity index (χ3n) is 3.62. The first-order chi connectivity index (χ1) is 7.32. The van der Waals surface area contributed by atoms with Gasteiger partial charge in [0.2, 0.25) is 0 Å². The van der Waals surface area contributed by atoms with Crippen LogP contribution in [0.15, 0.2) is 0 Å². The van der Waals surface area contributed by atoms with E-state index in [-0.39, 0.29) is 7.42 Å². The third-order valence-corrected chi connectivity index (χ3v) is 44.6. The largest absolute Gasteiger partial charge is 0.172 e. The quantitative estimate of drug-likeness (QED) is 0.411. The van der Waals surface area contributed by atoms with Crippen molar-refractivity contribution in [3.8, 4) is 0 Å². The van der Waals surface area contributed by atoms with Crippen LogP contribution in [-0.4, -0.2) is 29.6 Å². The zero-order chi connectivity index (χ0) is 12.4. The van der Waals surface area contributed by atoms with Crippen LogP contribution in [0.3, 0.4) is 0 Å². The molecule has 0 atom stereocenters. The summed E-state index contributed by atoms with van der Waals surface area (Å²) in [7, 11) is -2.13. The molecule has 96 valence electrons. The Labute approximate surface area is 130 Å². The normalized spacial score (nSPS) is 46.1. The highest BCUT2D eigenvalue weighted by Crippen LogP contribution is 2.42. The first-order valence-corrected chi connectivity index (χ1v) is 22.7. The van der Waals surface area contributed by atoms with Crippen molar-refractivity contribution in [1.29, 1.82) is 0 Å². The van der Waals surface area contributed by atoms with E-state index in [9.17, 15) is 0 Å². The molecule has 0 saturated carbocycles. The Kier molecular flexibility index (Phi) is 6.91. The van der Waals surface area contributed by atoms with Gasteiger partial charge < -0.3 is 0 Å². The van der Waals surface area contributed by atoms with Crippen molar-refractivity contribution in [3.05, 3.63) is 0 Å². The van der Waals surface area contributed by atoms with E-state index >= 15 is 0 Å². The average Bonchev–Trinajstić information content (AvgIpc) is 2.14. The Morgan fingerprint density at radius 1 is 1.12 bits per heavy atom. The molecule has 2 heterocycles. The predicted molar refractivity (Wildman–Crippen MR) is 95.6 cm³/mol. The molecule has 0 radical (unpaired) electrons. The molecule has 0 aromatic rings. The monoisotopic (exact) mass is 456 g/mol. The molecule has 0 amide bonds. The lowest BCUT2D eigenvalue weighted by Gasteiger charge is -2.36. The van der Waals surface area contributed by atoms with Gasteiger partial charge in [-0.2, -0.15) is 22.2 Å². The topological polar surface area (TPSA) is 0 Å². The molecule has 2 fully saturated rings. The van der Waals surface area contributed by atoms with E-state index in [2.05, 4.69) is 44.4 Å². The molecule has 0 aliphatic carbocycles. The molecule has 8 heteroatoms. The van der Waals surface area contributed by atoms with E-state index < -0.39 is 22.2 Å². The minimum atomic E-state index is -1.13. The highest BCUT2D eigenvalue weighted by atomic mass is 79.9. The Hall–Kier alpha value is 2.41. The molecule has 2 aliphatic rings. The molecule has 0 aromatic carbocycles. The number of halogens is 4. The highest BCUT2D eigenvalue weighted by Gasteiger charge is 2.44. The summed E-state index contributed by atoms with van der Waals surface area (Å²) in [4.78, 5) is 0. The van der Waals surface area contributed by atoms with E-state index in [0.717, 1.165) is 0 Å². The third kappa shape index (κ3) is 4.83. The molecule has 0 N–H and O–H groups in total. The van der Waals surface area contributed by atoms with Gasteiger partial charge in [-0.25, -0.2) is 0 Å². The van der Waals surface area contributed by atoms with Crippen LogP contribution in [0, 0.1) is 0 Å². The van der Waals surface area contributed by atoms with Crippen LogP contribution in [0.4, 0.5) is 0 Å². The lowest BCUT2D eigenvalue weighted by atomic mass is 11.0. The second-order valence-corrected chi connectivity index (χ2v) is 33.1. The van der Waals surface area contributed by atoms with Gasteiger partial charge in [-0.1, -0.05) is 19.9 Å². The fraction of sp³-hybridized carbons (Fsp3) is 1.00. The van der Waals surface area contributed by atoms with Crippen molar-refractivity contribution in [2.24, 2.45) is 0 Å². The maximum absolute atomic E-state index is 6.18. The van der Waals surface area contributed by atoms with Crippen molar-refractivity contribution in [1.82, 2.24) is 0 Å². The molecular weight excluding hydrogens is 439 g/mol. The minimum Gasteiger partial charge on any atom is -0.172 e. The van der Waals surface area contributed by atoms with E-state index in [1.165, 1.54) is 23.4 Å². The standard InChI is InChI=1S/C4H10Br2Si2.C4H10Cl2Si2/c2*1-2-8(6)3-7(5)4-8/h2*7H,2-4H2,1H3. The van der Waals surface area contributed by atoms with Gasteiger partial charge in [-0.3, -0.25) is 0 Å². The molecule has 2 saturated heterocycles. The van der Waals surface area contributed by atoms with Gasteiger partial charge in [-0.05, 0) is 28.7 Å². The molecule has 0 spiro atoms. The Morgan fingerprint density at radius 2 is 1.62 bits per heavy atom. The van der Waals surface area contributed by atoms with Gasteiger partial charge in [0, 0.05) is 0 Å². The summed E-state index contributed by atoms with van der Waals surface area (Å²) in [5.74, 6) is 0. The van der Waals surface area contributed by atoms with Gasteiger partial charge in [0.1, 0.15) is 22.2 Å².